The molecular formula is C24H35N3O5. The van der Waals surface area contributed by atoms with Crippen LogP contribution >= 0.6 is 0 Å². The quantitative estimate of drug-likeness (QED) is 0.647. The molecular weight excluding hydrogens is 410 g/mol. The Hall–Kier alpha value is -2.64. The molecule has 3 heterocycles. The molecule has 0 aromatic carbocycles. The van der Waals surface area contributed by atoms with Gasteiger partial charge in [0, 0.05) is 37.2 Å². The Morgan fingerprint density at radius 2 is 1.78 bits per heavy atom. The first-order chi connectivity index (χ1) is 14.8. The summed E-state index contributed by atoms with van der Waals surface area (Å²) < 4.78 is 10.5. The Morgan fingerprint density at radius 1 is 1.09 bits per heavy atom. The van der Waals surface area contributed by atoms with Crippen LogP contribution in [-0.2, 0) is 25.5 Å². The maximum absolute atomic E-state index is 12.9. The molecule has 1 saturated heterocycles. The first-order valence-corrected chi connectivity index (χ1v) is 11.2. The van der Waals surface area contributed by atoms with Crippen molar-refractivity contribution in [1.29, 1.82) is 0 Å². The number of methoxy groups -OCH3 is 1. The fraction of sp³-hybridized carbons (Fsp3) is 0.667. The van der Waals surface area contributed by atoms with Crippen LogP contribution in [-0.4, -0.2) is 60.2 Å². The van der Waals surface area contributed by atoms with E-state index in [1.165, 1.54) is 7.11 Å². The first-order valence-electron chi connectivity index (χ1n) is 11.2. The summed E-state index contributed by atoms with van der Waals surface area (Å²) in [6, 6.07) is 2.03. The number of nitrogens with zero attached hydrogens (tertiary/aromatic N) is 3. The van der Waals surface area contributed by atoms with Crippen LogP contribution in [0, 0.1) is 11.3 Å². The third-order valence-corrected chi connectivity index (χ3v) is 5.84. The minimum Gasteiger partial charge on any atom is -0.469 e. The lowest BCUT2D eigenvalue weighted by Crippen LogP contribution is -2.43. The highest BCUT2D eigenvalue weighted by molar-refractivity contribution is 5.97. The maximum Gasteiger partial charge on any atom is 0.410 e. The molecule has 0 bridgehead atoms. The average Bonchev–Trinajstić information content (AvgIpc) is 3.15. The Balaban J connectivity index is 1.89. The molecule has 2 amide bonds. The molecule has 2 atom stereocenters. The molecule has 3 rings (SSSR count). The Kier molecular flexibility index (Phi) is 6.54. The number of aromatic nitrogens is 1. The molecule has 8 heteroatoms. The summed E-state index contributed by atoms with van der Waals surface area (Å²) in [5.41, 5.74) is 0.748. The summed E-state index contributed by atoms with van der Waals surface area (Å²) in [4.78, 5) is 46.0. The number of fused-ring (bicyclic) bond motifs is 1. The van der Waals surface area contributed by atoms with Gasteiger partial charge >= 0.3 is 12.1 Å². The minimum atomic E-state index is -0.619. The summed E-state index contributed by atoms with van der Waals surface area (Å²) in [6.07, 6.45) is 2.96. The fourth-order valence-electron chi connectivity index (χ4n) is 4.29. The van der Waals surface area contributed by atoms with Gasteiger partial charge in [0.15, 0.2) is 0 Å². The molecule has 2 aliphatic rings. The van der Waals surface area contributed by atoms with Gasteiger partial charge in [-0.1, -0.05) is 26.8 Å². The number of aryl methyl sites for hydroxylation is 1. The van der Waals surface area contributed by atoms with E-state index in [0.29, 0.717) is 18.9 Å². The van der Waals surface area contributed by atoms with Gasteiger partial charge in [-0.2, -0.15) is 0 Å². The molecule has 8 nitrogen and oxygen atoms in total. The lowest BCUT2D eigenvalue weighted by molar-refractivity contribution is -0.145. The number of rotatable bonds is 2. The summed E-state index contributed by atoms with van der Waals surface area (Å²) >= 11 is 0. The zero-order chi connectivity index (χ0) is 23.8. The van der Waals surface area contributed by atoms with Crippen LogP contribution in [0.4, 0.5) is 10.6 Å². The number of pyridine rings is 1. The van der Waals surface area contributed by atoms with Gasteiger partial charge < -0.3 is 14.4 Å². The monoisotopic (exact) mass is 445 g/mol. The number of hydrogen-bond acceptors (Lipinski definition) is 6. The van der Waals surface area contributed by atoms with Crippen LogP contribution in [0.2, 0.25) is 0 Å². The highest BCUT2D eigenvalue weighted by Crippen LogP contribution is 2.37. The highest BCUT2D eigenvalue weighted by atomic mass is 16.6. The zero-order valence-electron chi connectivity index (χ0n) is 20.2. The average molecular weight is 446 g/mol. The van der Waals surface area contributed by atoms with Crippen LogP contribution in [0.3, 0.4) is 0 Å². The zero-order valence-corrected chi connectivity index (χ0v) is 20.2. The van der Waals surface area contributed by atoms with Crippen molar-refractivity contribution < 1.29 is 23.9 Å². The SMILES string of the molecule is COC(=O)C1CN(C(=O)OC(C)(C)C)CC1c1cnc2c(c1)CCCN2C(=O)C(C)(C)C. The van der Waals surface area contributed by atoms with Crippen LogP contribution in [0.15, 0.2) is 12.3 Å². The van der Waals surface area contributed by atoms with Crippen LogP contribution in [0.5, 0.6) is 0 Å². The summed E-state index contributed by atoms with van der Waals surface area (Å²) in [6.45, 7) is 12.4. The van der Waals surface area contributed by atoms with Gasteiger partial charge in [-0.05, 0) is 44.7 Å². The van der Waals surface area contributed by atoms with Crippen molar-refractivity contribution in [3.63, 3.8) is 0 Å². The second-order valence-electron chi connectivity index (χ2n) is 10.7. The second-order valence-corrected chi connectivity index (χ2v) is 10.7. The van der Waals surface area contributed by atoms with Crippen molar-refractivity contribution in [2.75, 3.05) is 31.6 Å². The van der Waals surface area contributed by atoms with E-state index in [2.05, 4.69) is 4.98 Å². The Bertz CT molecular complexity index is 900. The van der Waals surface area contributed by atoms with E-state index in [4.69, 9.17) is 9.47 Å². The lowest BCUT2D eigenvalue weighted by Gasteiger charge is -2.33. The van der Waals surface area contributed by atoms with Gasteiger partial charge in [0.25, 0.3) is 0 Å². The van der Waals surface area contributed by atoms with Crippen molar-refractivity contribution in [1.82, 2.24) is 9.88 Å². The summed E-state index contributed by atoms with van der Waals surface area (Å²) in [5.74, 6) is -0.368. The smallest absolute Gasteiger partial charge is 0.410 e. The molecule has 0 saturated carbocycles. The van der Waals surface area contributed by atoms with Gasteiger partial charge in [0.05, 0.1) is 13.0 Å². The number of anilines is 1. The molecule has 1 fully saturated rings. The van der Waals surface area contributed by atoms with E-state index < -0.39 is 23.0 Å². The van der Waals surface area contributed by atoms with Crippen molar-refractivity contribution in [2.45, 2.75) is 65.9 Å². The molecule has 0 radical (unpaired) electrons. The minimum absolute atomic E-state index is 0.0445. The number of carbonyl (C=O) groups excluding carboxylic acids is 3. The third kappa shape index (κ3) is 5.05. The fourth-order valence-corrected chi connectivity index (χ4v) is 4.29. The van der Waals surface area contributed by atoms with Gasteiger partial charge in [-0.25, -0.2) is 9.78 Å². The van der Waals surface area contributed by atoms with E-state index in [0.717, 1.165) is 24.0 Å². The van der Waals surface area contributed by atoms with Crippen molar-refractivity contribution in [3.8, 4) is 0 Å². The molecule has 0 N–H and O–H groups in total. The number of esters is 1. The number of hydrogen-bond donors (Lipinski definition) is 0. The van der Waals surface area contributed by atoms with Gasteiger partial charge in [-0.15, -0.1) is 0 Å². The molecule has 1 aromatic rings. The largest absolute Gasteiger partial charge is 0.469 e. The molecule has 32 heavy (non-hydrogen) atoms. The van der Waals surface area contributed by atoms with Crippen molar-refractivity contribution >= 4 is 23.8 Å². The van der Waals surface area contributed by atoms with Crippen molar-refractivity contribution in [3.05, 3.63) is 23.4 Å². The van der Waals surface area contributed by atoms with Gasteiger partial charge in [0.1, 0.15) is 11.4 Å². The number of amides is 2. The Labute approximate surface area is 190 Å². The number of likely N-dealkylation sites (tertiary alicyclic amines) is 1. The van der Waals surface area contributed by atoms with E-state index >= 15 is 0 Å². The second kappa shape index (κ2) is 8.71. The van der Waals surface area contributed by atoms with Crippen LogP contribution < -0.4 is 4.90 Å². The molecule has 2 unspecified atom stereocenters. The van der Waals surface area contributed by atoms with Crippen molar-refractivity contribution in [2.24, 2.45) is 11.3 Å². The third-order valence-electron chi connectivity index (χ3n) is 5.84. The van der Waals surface area contributed by atoms with E-state index in [9.17, 15) is 14.4 Å². The number of carbonyl (C=O) groups is 3. The van der Waals surface area contributed by atoms with E-state index in [1.54, 1.807) is 16.0 Å². The summed E-state index contributed by atoms with van der Waals surface area (Å²) in [7, 11) is 1.36. The van der Waals surface area contributed by atoms with Gasteiger partial charge in [-0.3, -0.25) is 14.5 Å². The summed E-state index contributed by atoms with van der Waals surface area (Å²) in [5, 5.41) is 0. The predicted molar refractivity (Wildman–Crippen MR) is 120 cm³/mol. The molecule has 1 aromatic heterocycles. The first kappa shape index (κ1) is 24.0. The van der Waals surface area contributed by atoms with E-state index in [1.807, 2.05) is 47.6 Å². The maximum atomic E-state index is 12.9. The topological polar surface area (TPSA) is 89.0 Å². The molecule has 0 spiro atoms. The molecule has 176 valence electrons. The normalized spacial score (nSPS) is 21.2. The van der Waals surface area contributed by atoms with Crippen LogP contribution in [0.1, 0.15) is 65.0 Å². The molecule has 2 aliphatic heterocycles. The predicted octanol–water partition coefficient (Wildman–Crippen LogP) is 3.53. The van der Waals surface area contributed by atoms with Gasteiger partial charge in [0.2, 0.25) is 5.91 Å². The highest BCUT2D eigenvalue weighted by Gasteiger charge is 2.43. The van der Waals surface area contributed by atoms with E-state index in [-0.39, 0.29) is 24.3 Å². The standard InChI is InChI=1S/C24H35N3O5/c1-23(2,3)21(29)27-10-8-9-15-11-16(12-25-19(15)27)17-13-26(14-18(17)20(28)31-7)22(30)32-24(4,5)6/h11-12,17-18H,8-10,13-14H2,1-7H3. The molecule has 0 aliphatic carbocycles. The van der Waals surface area contributed by atoms with Crippen LogP contribution in [0.25, 0.3) is 0 Å². The Morgan fingerprint density at radius 3 is 2.38 bits per heavy atom. The lowest BCUT2D eigenvalue weighted by atomic mass is 9.88. The number of ether oxygens (including phenoxy) is 2.